The maximum Gasteiger partial charge on any atom is 0.343 e. The Morgan fingerprint density at radius 3 is 2.81 bits per heavy atom. The number of nitrogens with one attached hydrogen (secondary N) is 2. The minimum absolute atomic E-state index is 0.199. The number of hydrogen-bond acceptors (Lipinski definition) is 6. The van der Waals surface area contributed by atoms with Gasteiger partial charge in [0.1, 0.15) is 11.4 Å². The van der Waals surface area contributed by atoms with Crippen LogP contribution < -0.4 is 15.5 Å². The lowest BCUT2D eigenvalue weighted by atomic mass is 10.2. The Bertz CT molecular complexity index is 814. The van der Waals surface area contributed by atoms with Crippen molar-refractivity contribution in [1.29, 1.82) is 0 Å². The van der Waals surface area contributed by atoms with Crippen LogP contribution in [0.25, 0.3) is 0 Å². The fraction of sp³-hybridized carbons (Fsp3) is 0.389. The number of hydrogen-bond donors (Lipinski definition) is 2. The minimum atomic E-state index is -0.559. The monoisotopic (exact) mass is 373 g/mol. The van der Waals surface area contributed by atoms with Gasteiger partial charge in [0.05, 0.1) is 26.5 Å². The lowest BCUT2D eigenvalue weighted by molar-refractivity contribution is 0.0602. The molecule has 0 bridgehead atoms. The predicted molar refractivity (Wildman–Crippen MR) is 99.9 cm³/mol. The maximum absolute atomic E-state index is 12.2. The summed E-state index contributed by atoms with van der Waals surface area (Å²) in [5, 5.41) is 9.42. The van der Waals surface area contributed by atoms with Crippen LogP contribution in [-0.2, 0) is 23.1 Å². The summed E-state index contributed by atoms with van der Waals surface area (Å²) in [4.78, 5) is 26.2. The molecule has 1 aliphatic rings. The molecule has 1 aromatic heterocycles. The first-order chi connectivity index (χ1) is 13.1. The fourth-order valence-corrected chi connectivity index (χ4v) is 2.86. The Hall–Kier alpha value is -3.07. The molecule has 2 amide bonds. The lowest BCUT2D eigenvalue weighted by Crippen LogP contribution is -2.36. The van der Waals surface area contributed by atoms with Gasteiger partial charge in [-0.25, -0.2) is 9.59 Å². The van der Waals surface area contributed by atoms with Gasteiger partial charge < -0.3 is 19.7 Å². The summed E-state index contributed by atoms with van der Waals surface area (Å²) in [7, 11) is 2.91. The molecule has 9 heteroatoms. The van der Waals surface area contributed by atoms with E-state index in [2.05, 4.69) is 26.7 Å². The number of urea groups is 1. The number of ether oxygens (including phenoxy) is 2. The highest BCUT2D eigenvalue weighted by molar-refractivity contribution is 5.99. The molecular formula is C18H23N5O4. The molecule has 0 saturated carbocycles. The molecule has 0 atom stereocenters. The second-order valence-corrected chi connectivity index (χ2v) is 6.10. The first-order valence-electron chi connectivity index (χ1n) is 8.65. The predicted octanol–water partition coefficient (Wildman–Crippen LogP) is 1.36. The Kier molecular flexibility index (Phi) is 5.92. The molecule has 2 heterocycles. The van der Waals surface area contributed by atoms with Gasteiger partial charge in [0.2, 0.25) is 0 Å². The van der Waals surface area contributed by atoms with Gasteiger partial charge in [0.25, 0.3) is 0 Å². The molecule has 0 unspecified atom stereocenters. The molecule has 0 spiro atoms. The third-order valence-electron chi connectivity index (χ3n) is 4.32. The van der Waals surface area contributed by atoms with Crippen molar-refractivity contribution in [2.45, 2.75) is 6.54 Å². The Morgan fingerprint density at radius 2 is 2.07 bits per heavy atom. The van der Waals surface area contributed by atoms with Crippen molar-refractivity contribution in [1.82, 2.24) is 15.1 Å². The van der Waals surface area contributed by atoms with Gasteiger partial charge in [-0.3, -0.25) is 10.00 Å². The third-order valence-corrected chi connectivity index (χ3v) is 4.32. The number of morpholine rings is 1. The second kappa shape index (κ2) is 8.54. The van der Waals surface area contributed by atoms with Crippen LogP contribution in [0.3, 0.4) is 0 Å². The number of carbonyl (C=O) groups is 2. The average Bonchev–Trinajstić information content (AvgIpc) is 3.07. The highest BCUT2D eigenvalue weighted by Gasteiger charge is 2.18. The quantitative estimate of drug-likeness (QED) is 0.768. The van der Waals surface area contributed by atoms with Crippen molar-refractivity contribution in [2.75, 3.05) is 43.6 Å². The molecule has 1 aliphatic heterocycles. The largest absolute Gasteiger partial charge is 0.465 e. The van der Waals surface area contributed by atoms with Crippen molar-refractivity contribution in [3.05, 3.63) is 41.6 Å². The van der Waals surface area contributed by atoms with Gasteiger partial charge in [-0.15, -0.1) is 0 Å². The first-order valence-corrected chi connectivity index (χ1v) is 8.65. The van der Waals surface area contributed by atoms with Gasteiger partial charge >= 0.3 is 12.0 Å². The van der Waals surface area contributed by atoms with Crippen LogP contribution in [0.4, 0.5) is 16.3 Å². The highest BCUT2D eigenvalue weighted by atomic mass is 16.5. The summed E-state index contributed by atoms with van der Waals surface area (Å²) in [6.45, 7) is 3.51. The molecule has 1 aromatic carbocycles. The molecule has 0 aliphatic carbocycles. The average molecular weight is 373 g/mol. The Morgan fingerprint density at radius 1 is 1.30 bits per heavy atom. The number of amides is 2. The summed E-state index contributed by atoms with van der Waals surface area (Å²) in [5.74, 6) is -0.280. The van der Waals surface area contributed by atoms with E-state index in [0.29, 0.717) is 6.54 Å². The SMILES string of the molecule is COC(=O)c1cnn(C)c1NC(=O)NCc1cccc(N2CCOCC2)c1. The lowest BCUT2D eigenvalue weighted by Gasteiger charge is -2.29. The molecule has 3 rings (SSSR count). The summed E-state index contributed by atoms with van der Waals surface area (Å²) in [6, 6.07) is 7.59. The first kappa shape index (κ1) is 18.7. The van der Waals surface area contributed by atoms with Crippen molar-refractivity contribution in [3.63, 3.8) is 0 Å². The van der Waals surface area contributed by atoms with E-state index in [1.807, 2.05) is 18.2 Å². The number of aryl methyl sites for hydroxylation is 1. The Labute approximate surface area is 157 Å². The van der Waals surface area contributed by atoms with Gasteiger partial charge in [0.15, 0.2) is 0 Å². The fourth-order valence-electron chi connectivity index (χ4n) is 2.86. The number of esters is 1. The van der Waals surface area contributed by atoms with Crippen LogP contribution >= 0.6 is 0 Å². The maximum atomic E-state index is 12.2. The molecule has 1 fully saturated rings. The third kappa shape index (κ3) is 4.56. The number of methoxy groups -OCH3 is 1. The molecule has 9 nitrogen and oxygen atoms in total. The van der Waals surface area contributed by atoms with E-state index in [0.717, 1.165) is 37.6 Å². The molecule has 144 valence electrons. The zero-order valence-corrected chi connectivity index (χ0v) is 15.4. The highest BCUT2D eigenvalue weighted by Crippen LogP contribution is 2.18. The van der Waals surface area contributed by atoms with Crippen molar-refractivity contribution in [3.8, 4) is 0 Å². The van der Waals surface area contributed by atoms with Crippen LogP contribution in [0.5, 0.6) is 0 Å². The van der Waals surface area contributed by atoms with Crippen molar-refractivity contribution >= 4 is 23.5 Å². The van der Waals surface area contributed by atoms with E-state index < -0.39 is 12.0 Å². The molecule has 0 radical (unpaired) electrons. The smallest absolute Gasteiger partial charge is 0.343 e. The van der Waals surface area contributed by atoms with E-state index in [1.165, 1.54) is 18.0 Å². The molecular weight excluding hydrogens is 350 g/mol. The number of anilines is 2. The van der Waals surface area contributed by atoms with Gasteiger partial charge in [-0.05, 0) is 17.7 Å². The van der Waals surface area contributed by atoms with Crippen LogP contribution in [0.2, 0.25) is 0 Å². The normalized spacial score (nSPS) is 13.9. The minimum Gasteiger partial charge on any atom is -0.465 e. The van der Waals surface area contributed by atoms with E-state index in [-0.39, 0.29) is 11.4 Å². The van der Waals surface area contributed by atoms with E-state index >= 15 is 0 Å². The van der Waals surface area contributed by atoms with E-state index in [9.17, 15) is 9.59 Å². The van der Waals surface area contributed by atoms with Gasteiger partial charge in [0, 0.05) is 32.4 Å². The van der Waals surface area contributed by atoms with Gasteiger partial charge in [-0.2, -0.15) is 5.10 Å². The van der Waals surface area contributed by atoms with Crippen molar-refractivity contribution < 1.29 is 19.1 Å². The van der Waals surface area contributed by atoms with Crippen LogP contribution in [0.1, 0.15) is 15.9 Å². The topological polar surface area (TPSA) is 97.7 Å². The summed E-state index contributed by atoms with van der Waals surface area (Å²) < 4.78 is 11.5. The summed E-state index contributed by atoms with van der Waals surface area (Å²) >= 11 is 0. The van der Waals surface area contributed by atoms with Gasteiger partial charge in [-0.1, -0.05) is 12.1 Å². The Balaban J connectivity index is 1.60. The number of aromatic nitrogens is 2. The second-order valence-electron chi connectivity index (χ2n) is 6.10. The number of rotatable bonds is 5. The van der Waals surface area contributed by atoms with E-state index in [1.54, 1.807) is 7.05 Å². The molecule has 27 heavy (non-hydrogen) atoms. The van der Waals surface area contributed by atoms with E-state index in [4.69, 9.17) is 9.47 Å². The standard InChI is InChI=1S/C18H23N5O4/c1-22-16(15(12-20-22)17(24)26-2)21-18(25)19-11-13-4-3-5-14(10-13)23-6-8-27-9-7-23/h3-5,10,12H,6-9,11H2,1-2H3,(H2,19,21,25). The molecule has 1 saturated heterocycles. The zero-order valence-electron chi connectivity index (χ0n) is 15.4. The molecule has 2 aromatic rings. The van der Waals surface area contributed by atoms with Crippen LogP contribution in [0.15, 0.2) is 30.5 Å². The number of benzene rings is 1. The van der Waals surface area contributed by atoms with Crippen molar-refractivity contribution in [2.24, 2.45) is 7.05 Å². The van der Waals surface area contributed by atoms with Crippen LogP contribution in [-0.4, -0.2) is 55.2 Å². The number of nitrogens with zero attached hydrogens (tertiary/aromatic N) is 3. The molecule has 2 N–H and O–H groups in total. The summed E-state index contributed by atoms with van der Waals surface area (Å²) in [5.41, 5.74) is 2.29. The number of carbonyl (C=O) groups excluding carboxylic acids is 2. The zero-order chi connectivity index (χ0) is 19.2. The summed E-state index contributed by atoms with van der Waals surface area (Å²) in [6.07, 6.45) is 1.35. The van der Waals surface area contributed by atoms with Crippen LogP contribution in [0, 0.1) is 0 Å².